The summed E-state index contributed by atoms with van der Waals surface area (Å²) in [6.45, 7) is 0.959. The first-order valence-electron chi connectivity index (χ1n) is 5.04. The Bertz CT molecular complexity index is 419. The van der Waals surface area contributed by atoms with Crippen LogP contribution < -0.4 is 5.32 Å². The molecule has 0 aromatic heterocycles. The van der Waals surface area contributed by atoms with Crippen molar-refractivity contribution in [2.24, 2.45) is 0 Å². The SMILES string of the molecule is COCCNC(=O)/C=C/c1cccc(Cl)c1Cl. The van der Waals surface area contributed by atoms with Crippen LogP contribution in [0.15, 0.2) is 24.3 Å². The van der Waals surface area contributed by atoms with Crippen LogP contribution in [0.5, 0.6) is 0 Å². The van der Waals surface area contributed by atoms with Gasteiger partial charge in [0.2, 0.25) is 5.91 Å². The number of halogens is 2. The Balaban J connectivity index is 2.58. The van der Waals surface area contributed by atoms with Crippen LogP contribution >= 0.6 is 23.2 Å². The summed E-state index contributed by atoms with van der Waals surface area (Å²) in [7, 11) is 1.58. The second-order valence-electron chi connectivity index (χ2n) is 3.26. The van der Waals surface area contributed by atoms with Gasteiger partial charge < -0.3 is 10.1 Å². The molecule has 0 heterocycles. The van der Waals surface area contributed by atoms with E-state index in [0.29, 0.717) is 28.8 Å². The van der Waals surface area contributed by atoms with Crippen LogP contribution in [0.2, 0.25) is 10.0 Å². The quantitative estimate of drug-likeness (QED) is 0.662. The van der Waals surface area contributed by atoms with Gasteiger partial charge in [0, 0.05) is 19.7 Å². The van der Waals surface area contributed by atoms with Gasteiger partial charge in [0.25, 0.3) is 0 Å². The Labute approximate surface area is 110 Å². The van der Waals surface area contributed by atoms with E-state index >= 15 is 0 Å². The average molecular weight is 274 g/mol. The summed E-state index contributed by atoms with van der Waals surface area (Å²) in [6, 6.07) is 5.25. The van der Waals surface area contributed by atoms with Gasteiger partial charge >= 0.3 is 0 Å². The molecule has 1 aromatic rings. The zero-order chi connectivity index (χ0) is 12.7. The molecular weight excluding hydrogens is 261 g/mol. The molecule has 3 nitrogen and oxygen atoms in total. The molecule has 0 spiro atoms. The van der Waals surface area contributed by atoms with Gasteiger partial charge in [0.05, 0.1) is 16.7 Å². The third-order valence-corrected chi connectivity index (χ3v) is 2.83. The summed E-state index contributed by atoms with van der Waals surface area (Å²) < 4.78 is 4.81. The third kappa shape index (κ3) is 4.77. The molecule has 1 amide bonds. The Morgan fingerprint density at radius 3 is 2.94 bits per heavy atom. The molecule has 0 atom stereocenters. The second-order valence-corrected chi connectivity index (χ2v) is 4.05. The highest BCUT2D eigenvalue weighted by molar-refractivity contribution is 6.42. The molecule has 0 aliphatic carbocycles. The van der Waals surface area contributed by atoms with Crippen LogP contribution in [0.1, 0.15) is 5.56 Å². The lowest BCUT2D eigenvalue weighted by molar-refractivity contribution is -0.116. The van der Waals surface area contributed by atoms with Crippen LogP contribution in [0.4, 0.5) is 0 Å². The zero-order valence-corrected chi connectivity index (χ0v) is 10.9. The maximum atomic E-state index is 11.4. The van der Waals surface area contributed by atoms with E-state index in [1.807, 2.05) is 0 Å². The first-order valence-corrected chi connectivity index (χ1v) is 5.79. The van der Waals surface area contributed by atoms with Crippen molar-refractivity contribution in [3.63, 3.8) is 0 Å². The maximum absolute atomic E-state index is 11.4. The lowest BCUT2D eigenvalue weighted by Crippen LogP contribution is -2.24. The number of amides is 1. The number of nitrogens with one attached hydrogen (secondary N) is 1. The minimum Gasteiger partial charge on any atom is -0.383 e. The van der Waals surface area contributed by atoms with Crippen LogP contribution in [-0.4, -0.2) is 26.2 Å². The fraction of sp³-hybridized carbons (Fsp3) is 0.250. The van der Waals surface area contributed by atoms with Crippen molar-refractivity contribution in [3.05, 3.63) is 39.9 Å². The topological polar surface area (TPSA) is 38.3 Å². The fourth-order valence-electron chi connectivity index (χ4n) is 1.15. The van der Waals surface area contributed by atoms with Crippen molar-refractivity contribution in [2.45, 2.75) is 0 Å². The van der Waals surface area contributed by atoms with Gasteiger partial charge in [-0.15, -0.1) is 0 Å². The van der Waals surface area contributed by atoms with Crippen molar-refractivity contribution < 1.29 is 9.53 Å². The van der Waals surface area contributed by atoms with Gasteiger partial charge in [-0.3, -0.25) is 4.79 Å². The van der Waals surface area contributed by atoms with Crippen LogP contribution in [-0.2, 0) is 9.53 Å². The summed E-state index contributed by atoms with van der Waals surface area (Å²) in [5.41, 5.74) is 0.709. The largest absolute Gasteiger partial charge is 0.383 e. The van der Waals surface area contributed by atoms with E-state index < -0.39 is 0 Å². The van der Waals surface area contributed by atoms with Gasteiger partial charge in [0.15, 0.2) is 0 Å². The van der Waals surface area contributed by atoms with E-state index in [2.05, 4.69) is 5.32 Å². The molecule has 92 valence electrons. The lowest BCUT2D eigenvalue weighted by Gasteiger charge is -2.01. The van der Waals surface area contributed by atoms with Gasteiger partial charge in [-0.1, -0.05) is 35.3 Å². The van der Waals surface area contributed by atoms with Crippen molar-refractivity contribution in [1.82, 2.24) is 5.32 Å². The number of hydrogen-bond donors (Lipinski definition) is 1. The number of benzene rings is 1. The highest BCUT2D eigenvalue weighted by Gasteiger charge is 2.01. The van der Waals surface area contributed by atoms with Crippen molar-refractivity contribution in [3.8, 4) is 0 Å². The summed E-state index contributed by atoms with van der Waals surface area (Å²) in [5, 5.41) is 3.57. The molecule has 0 aliphatic rings. The molecule has 1 N–H and O–H groups in total. The molecule has 17 heavy (non-hydrogen) atoms. The normalized spacial score (nSPS) is 10.8. The third-order valence-electron chi connectivity index (χ3n) is 2.00. The van der Waals surface area contributed by atoms with Gasteiger partial charge in [-0.25, -0.2) is 0 Å². The Morgan fingerprint density at radius 1 is 1.47 bits per heavy atom. The highest BCUT2D eigenvalue weighted by Crippen LogP contribution is 2.26. The average Bonchev–Trinajstić information content (AvgIpc) is 2.31. The van der Waals surface area contributed by atoms with Crippen LogP contribution in [0.3, 0.4) is 0 Å². The first kappa shape index (κ1) is 14.0. The number of ether oxygens (including phenoxy) is 1. The fourth-order valence-corrected chi connectivity index (χ4v) is 1.52. The molecule has 0 unspecified atom stereocenters. The minimum atomic E-state index is -0.196. The smallest absolute Gasteiger partial charge is 0.244 e. The number of methoxy groups -OCH3 is 1. The molecule has 1 aromatic carbocycles. The van der Waals surface area contributed by atoms with Gasteiger partial charge in [-0.05, 0) is 17.7 Å². The molecular formula is C12H13Cl2NO2. The highest BCUT2D eigenvalue weighted by atomic mass is 35.5. The zero-order valence-electron chi connectivity index (χ0n) is 9.37. The Morgan fingerprint density at radius 2 is 2.24 bits per heavy atom. The number of carbonyl (C=O) groups is 1. The van der Waals surface area contributed by atoms with Crippen molar-refractivity contribution in [2.75, 3.05) is 20.3 Å². The van der Waals surface area contributed by atoms with E-state index in [0.717, 1.165) is 0 Å². The van der Waals surface area contributed by atoms with Crippen molar-refractivity contribution >= 4 is 35.2 Å². The van der Waals surface area contributed by atoms with Crippen molar-refractivity contribution in [1.29, 1.82) is 0 Å². The van der Waals surface area contributed by atoms with E-state index in [4.69, 9.17) is 27.9 Å². The van der Waals surface area contributed by atoms with Crippen LogP contribution in [0.25, 0.3) is 6.08 Å². The summed E-state index contributed by atoms with van der Waals surface area (Å²) in [5.74, 6) is -0.196. The molecule has 0 radical (unpaired) electrons. The Kier molecular flexibility index (Phi) is 6.05. The molecule has 0 aliphatic heterocycles. The predicted octanol–water partition coefficient (Wildman–Crippen LogP) is 2.77. The number of hydrogen-bond acceptors (Lipinski definition) is 2. The predicted molar refractivity (Wildman–Crippen MR) is 70.4 cm³/mol. The summed E-state index contributed by atoms with van der Waals surface area (Å²) in [4.78, 5) is 11.4. The van der Waals surface area contributed by atoms with E-state index in [9.17, 15) is 4.79 Å². The second kappa shape index (κ2) is 7.33. The minimum absolute atomic E-state index is 0.196. The summed E-state index contributed by atoms with van der Waals surface area (Å²) in [6.07, 6.45) is 3.03. The molecule has 0 fully saturated rings. The summed E-state index contributed by atoms with van der Waals surface area (Å²) >= 11 is 11.8. The maximum Gasteiger partial charge on any atom is 0.244 e. The lowest BCUT2D eigenvalue weighted by atomic mass is 10.2. The molecule has 5 heteroatoms. The molecule has 1 rings (SSSR count). The molecule has 0 saturated carbocycles. The van der Waals surface area contributed by atoms with Gasteiger partial charge in [0.1, 0.15) is 0 Å². The van der Waals surface area contributed by atoms with E-state index in [1.165, 1.54) is 6.08 Å². The van der Waals surface area contributed by atoms with Crippen LogP contribution in [0, 0.1) is 0 Å². The monoisotopic (exact) mass is 273 g/mol. The number of carbonyl (C=O) groups excluding carboxylic acids is 1. The standard InChI is InChI=1S/C12H13Cl2NO2/c1-17-8-7-15-11(16)6-5-9-3-2-4-10(13)12(9)14/h2-6H,7-8H2,1H3,(H,15,16)/b6-5+. The van der Waals surface area contributed by atoms with E-state index in [1.54, 1.807) is 31.4 Å². The molecule has 0 bridgehead atoms. The molecule has 0 saturated heterocycles. The Hall–Kier alpha value is -1.03. The number of rotatable bonds is 5. The first-order chi connectivity index (χ1) is 8.15. The van der Waals surface area contributed by atoms with E-state index in [-0.39, 0.29) is 5.91 Å². The van der Waals surface area contributed by atoms with Gasteiger partial charge in [-0.2, -0.15) is 0 Å².